The lowest BCUT2D eigenvalue weighted by molar-refractivity contribution is 0.123. The van der Waals surface area contributed by atoms with Crippen molar-refractivity contribution in [3.63, 3.8) is 0 Å². The molecule has 0 spiro atoms. The second kappa shape index (κ2) is 6.30. The molecule has 0 bridgehead atoms. The minimum Gasteiger partial charge on any atom is -0.326 e. The standard InChI is InChI=1S/C15H25N3/c1-12(16)15(13-7-6-10-17-11-13)18(2)14-8-4-3-5-9-14/h6-7,10-12,14-15H,3-5,8-9,16H2,1-2H3. The van der Waals surface area contributed by atoms with E-state index >= 15 is 0 Å². The molecule has 0 aromatic carbocycles. The lowest BCUT2D eigenvalue weighted by Gasteiger charge is -2.39. The molecule has 1 heterocycles. The first-order valence-corrected chi connectivity index (χ1v) is 7.07. The van der Waals surface area contributed by atoms with Gasteiger partial charge in [-0.1, -0.05) is 25.3 Å². The summed E-state index contributed by atoms with van der Waals surface area (Å²) >= 11 is 0. The minimum atomic E-state index is 0.126. The zero-order valence-electron chi connectivity index (χ0n) is 11.5. The van der Waals surface area contributed by atoms with E-state index in [1.807, 2.05) is 18.5 Å². The number of likely N-dealkylation sites (N-methyl/N-ethyl adjacent to an activating group) is 1. The number of aromatic nitrogens is 1. The second-order valence-corrected chi connectivity index (χ2v) is 5.55. The van der Waals surface area contributed by atoms with Crippen molar-refractivity contribution in [3.8, 4) is 0 Å². The van der Waals surface area contributed by atoms with E-state index in [0.29, 0.717) is 6.04 Å². The van der Waals surface area contributed by atoms with Crippen LogP contribution in [0.25, 0.3) is 0 Å². The molecule has 0 radical (unpaired) electrons. The SMILES string of the molecule is CC(N)C(c1cccnc1)N(C)C1CCCCC1. The molecule has 18 heavy (non-hydrogen) atoms. The maximum atomic E-state index is 6.21. The Morgan fingerprint density at radius 2 is 2.06 bits per heavy atom. The summed E-state index contributed by atoms with van der Waals surface area (Å²) in [5.74, 6) is 0. The first kappa shape index (κ1) is 13.5. The lowest BCUT2D eigenvalue weighted by Crippen LogP contribution is -2.43. The molecule has 1 fully saturated rings. The second-order valence-electron chi connectivity index (χ2n) is 5.55. The number of pyridine rings is 1. The van der Waals surface area contributed by atoms with Gasteiger partial charge in [-0.15, -0.1) is 0 Å². The highest BCUT2D eigenvalue weighted by Gasteiger charge is 2.28. The molecular formula is C15H25N3. The molecule has 1 aromatic rings. The highest BCUT2D eigenvalue weighted by molar-refractivity contribution is 5.16. The van der Waals surface area contributed by atoms with Gasteiger partial charge in [-0.2, -0.15) is 0 Å². The summed E-state index contributed by atoms with van der Waals surface area (Å²) in [7, 11) is 2.22. The maximum absolute atomic E-state index is 6.21. The predicted octanol–water partition coefficient (Wildman–Crippen LogP) is 2.73. The van der Waals surface area contributed by atoms with Gasteiger partial charge in [-0.05, 0) is 38.4 Å². The summed E-state index contributed by atoms with van der Waals surface area (Å²) in [6, 6.07) is 5.22. The van der Waals surface area contributed by atoms with E-state index in [0.717, 1.165) is 0 Å². The summed E-state index contributed by atoms with van der Waals surface area (Å²) in [6.45, 7) is 2.09. The molecule has 0 aliphatic heterocycles. The Morgan fingerprint density at radius 3 is 2.61 bits per heavy atom. The summed E-state index contributed by atoms with van der Waals surface area (Å²) in [5, 5.41) is 0. The zero-order valence-corrected chi connectivity index (χ0v) is 11.5. The van der Waals surface area contributed by atoms with Crippen molar-refractivity contribution in [2.24, 2.45) is 5.73 Å². The molecule has 0 saturated heterocycles. The van der Waals surface area contributed by atoms with Crippen molar-refractivity contribution < 1.29 is 0 Å². The topological polar surface area (TPSA) is 42.1 Å². The molecule has 3 nitrogen and oxygen atoms in total. The van der Waals surface area contributed by atoms with E-state index in [4.69, 9.17) is 5.73 Å². The van der Waals surface area contributed by atoms with Crippen molar-refractivity contribution in [2.75, 3.05) is 7.05 Å². The highest BCUT2D eigenvalue weighted by Crippen LogP contribution is 2.30. The van der Waals surface area contributed by atoms with Crippen LogP contribution in [0.4, 0.5) is 0 Å². The monoisotopic (exact) mass is 247 g/mol. The molecule has 1 saturated carbocycles. The fourth-order valence-corrected chi connectivity index (χ4v) is 3.18. The van der Waals surface area contributed by atoms with Crippen molar-refractivity contribution >= 4 is 0 Å². The van der Waals surface area contributed by atoms with Crippen LogP contribution in [0.5, 0.6) is 0 Å². The molecule has 2 rings (SSSR count). The Balaban J connectivity index is 2.14. The van der Waals surface area contributed by atoms with E-state index in [2.05, 4.69) is 29.9 Å². The third-order valence-electron chi connectivity index (χ3n) is 4.11. The van der Waals surface area contributed by atoms with Crippen LogP contribution in [0.2, 0.25) is 0 Å². The molecule has 1 aliphatic carbocycles. The van der Waals surface area contributed by atoms with Crippen LogP contribution in [0.3, 0.4) is 0 Å². The first-order valence-electron chi connectivity index (χ1n) is 7.07. The third-order valence-corrected chi connectivity index (χ3v) is 4.11. The summed E-state index contributed by atoms with van der Waals surface area (Å²) in [6.07, 6.45) is 10.5. The normalized spacial score (nSPS) is 20.9. The Hall–Kier alpha value is -0.930. The molecular weight excluding hydrogens is 222 g/mol. The molecule has 100 valence electrons. The predicted molar refractivity (Wildman–Crippen MR) is 75.3 cm³/mol. The number of hydrogen-bond acceptors (Lipinski definition) is 3. The Morgan fingerprint density at radius 1 is 1.33 bits per heavy atom. The van der Waals surface area contributed by atoms with Crippen molar-refractivity contribution in [1.29, 1.82) is 0 Å². The number of nitrogens with two attached hydrogens (primary N) is 1. The highest BCUT2D eigenvalue weighted by atomic mass is 15.2. The van der Waals surface area contributed by atoms with E-state index in [-0.39, 0.29) is 12.1 Å². The van der Waals surface area contributed by atoms with Gasteiger partial charge in [-0.25, -0.2) is 0 Å². The Kier molecular flexibility index (Phi) is 4.72. The van der Waals surface area contributed by atoms with Gasteiger partial charge < -0.3 is 5.73 Å². The Labute approximate surface area is 110 Å². The Bertz CT molecular complexity index is 344. The number of hydrogen-bond donors (Lipinski definition) is 1. The van der Waals surface area contributed by atoms with Gasteiger partial charge in [0.15, 0.2) is 0 Å². The molecule has 1 aliphatic rings. The van der Waals surface area contributed by atoms with Crippen LogP contribution in [0.1, 0.15) is 50.6 Å². The third kappa shape index (κ3) is 3.09. The average molecular weight is 247 g/mol. The van der Waals surface area contributed by atoms with Crippen molar-refractivity contribution in [3.05, 3.63) is 30.1 Å². The van der Waals surface area contributed by atoms with Crippen LogP contribution in [-0.4, -0.2) is 29.0 Å². The van der Waals surface area contributed by atoms with Gasteiger partial charge in [0, 0.05) is 24.5 Å². The molecule has 1 aromatic heterocycles. The largest absolute Gasteiger partial charge is 0.326 e. The van der Waals surface area contributed by atoms with Crippen LogP contribution >= 0.6 is 0 Å². The van der Waals surface area contributed by atoms with Gasteiger partial charge in [0.25, 0.3) is 0 Å². The average Bonchev–Trinajstić information content (AvgIpc) is 2.40. The van der Waals surface area contributed by atoms with Crippen LogP contribution in [0.15, 0.2) is 24.5 Å². The van der Waals surface area contributed by atoms with Gasteiger partial charge in [0.2, 0.25) is 0 Å². The fraction of sp³-hybridized carbons (Fsp3) is 0.667. The summed E-state index contributed by atoms with van der Waals surface area (Å²) < 4.78 is 0. The zero-order chi connectivity index (χ0) is 13.0. The van der Waals surface area contributed by atoms with Crippen molar-refractivity contribution in [2.45, 2.75) is 57.2 Å². The molecule has 2 atom stereocenters. The lowest BCUT2D eigenvalue weighted by atomic mass is 9.91. The number of rotatable bonds is 4. The fourth-order valence-electron chi connectivity index (χ4n) is 3.18. The van der Waals surface area contributed by atoms with E-state index in [1.165, 1.54) is 37.7 Å². The van der Waals surface area contributed by atoms with Gasteiger partial charge in [0.1, 0.15) is 0 Å². The maximum Gasteiger partial charge on any atom is 0.0511 e. The van der Waals surface area contributed by atoms with Crippen LogP contribution in [-0.2, 0) is 0 Å². The summed E-state index contributed by atoms with van der Waals surface area (Å²) in [4.78, 5) is 6.71. The minimum absolute atomic E-state index is 0.126. The van der Waals surface area contributed by atoms with Crippen LogP contribution < -0.4 is 5.73 Å². The quantitative estimate of drug-likeness (QED) is 0.889. The number of nitrogens with zero attached hydrogens (tertiary/aromatic N) is 2. The molecule has 3 heteroatoms. The summed E-state index contributed by atoms with van der Waals surface area (Å²) in [5.41, 5.74) is 7.44. The van der Waals surface area contributed by atoms with Crippen molar-refractivity contribution in [1.82, 2.24) is 9.88 Å². The first-order chi connectivity index (χ1) is 8.70. The van der Waals surface area contributed by atoms with Crippen LogP contribution in [0, 0.1) is 0 Å². The molecule has 2 unspecified atom stereocenters. The smallest absolute Gasteiger partial charge is 0.0511 e. The van der Waals surface area contributed by atoms with Gasteiger partial charge in [-0.3, -0.25) is 9.88 Å². The van der Waals surface area contributed by atoms with E-state index < -0.39 is 0 Å². The molecule has 2 N–H and O–H groups in total. The van der Waals surface area contributed by atoms with Gasteiger partial charge >= 0.3 is 0 Å². The van der Waals surface area contributed by atoms with Gasteiger partial charge in [0.05, 0.1) is 6.04 Å². The molecule has 0 amide bonds. The van der Waals surface area contributed by atoms with E-state index in [9.17, 15) is 0 Å². The van der Waals surface area contributed by atoms with E-state index in [1.54, 1.807) is 0 Å².